The number of nitrogens with one attached hydrogen (secondary N) is 1. The second-order valence-electron chi connectivity index (χ2n) is 9.83. The fourth-order valence-electron chi connectivity index (χ4n) is 4.64. The average molecular weight is 659 g/mol. The summed E-state index contributed by atoms with van der Waals surface area (Å²) in [5, 5.41) is 3.75. The van der Waals surface area contributed by atoms with Gasteiger partial charge >= 0.3 is 0 Å². The summed E-state index contributed by atoms with van der Waals surface area (Å²) in [5.74, 6) is -1.01. The quantitative estimate of drug-likeness (QED) is 0.198. The van der Waals surface area contributed by atoms with Crippen LogP contribution in [-0.2, 0) is 32.6 Å². The zero-order valence-electron chi connectivity index (χ0n) is 23.5. The Kier molecular flexibility index (Phi) is 10.7. The van der Waals surface area contributed by atoms with Crippen molar-refractivity contribution in [3.8, 4) is 0 Å². The maximum absolute atomic E-state index is 14.4. The van der Waals surface area contributed by atoms with Crippen LogP contribution in [0.25, 0.3) is 0 Å². The molecule has 4 aromatic carbocycles. The van der Waals surface area contributed by atoms with Gasteiger partial charge in [-0.2, -0.15) is 0 Å². The van der Waals surface area contributed by atoms with E-state index in [1.807, 2.05) is 30.3 Å². The highest BCUT2D eigenvalue weighted by Crippen LogP contribution is 2.29. The fraction of sp³-hybridized carbons (Fsp3) is 0.188. The van der Waals surface area contributed by atoms with Crippen molar-refractivity contribution in [2.24, 2.45) is 0 Å². The molecule has 0 radical (unpaired) electrons. The van der Waals surface area contributed by atoms with Gasteiger partial charge in [0, 0.05) is 35.1 Å². The number of anilines is 1. The minimum Gasteiger partial charge on any atom is -0.357 e. The van der Waals surface area contributed by atoms with Crippen LogP contribution in [0.3, 0.4) is 0 Å². The first-order chi connectivity index (χ1) is 20.5. The molecule has 0 fully saturated rings. The van der Waals surface area contributed by atoms with Gasteiger partial charge in [-0.3, -0.25) is 13.9 Å². The molecule has 0 bridgehead atoms. The van der Waals surface area contributed by atoms with Gasteiger partial charge in [-0.25, -0.2) is 8.42 Å². The van der Waals surface area contributed by atoms with E-state index >= 15 is 0 Å². The number of hydrogen-bond acceptors (Lipinski definition) is 4. The number of carbonyl (C=O) groups excluding carboxylic acids is 2. The lowest BCUT2D eigenvalue weighted by atomic mass is 10.0. The van der Waals surface area contributed by atoms with Gasteiger partial charge in [-0.05, 0) is 66.1 Å². The van der Waals surface area contributed by atoms with Crippen LogP contribution in [0.4, 0.5) is 5.69 Å². The predicted octanol–water partition coefficient (Wildman–Crippen LogP) is 6.54. The number of aryl methyl sites for hydroxylation is 1. The Bertz CT molecular complexity index is 1700. The second-order valence-corrected chi connectivity index (χ2v) is 13.0. The van der Waals surface area contributed by atoms with Crippen molar-refractivity contribution in [1.29, 1.82) is 0 Å². The van der Waals surface area contributed by atoms with Gasteiger partial charge in [-0.15, -0.1) is 0 Å². The maximum Gasteiger partial charge on any atom is 0.264 e. The highest BCUT2D eigenvalue weighted by molar-refractivity contribution is 7.92. The number of amides is 2. The van der Waals surface area contributed by atoms with Crippen molar-refractivity contribution in [3.05, 3.63) is 129 Å². The second kappa shape index (κ2) is 14.3. The van der Waals surface area contributed by atoms with E-state index in [0.717, 1.165) is 9.87 Å². The van der Waals surface area contributed by atoms with Crippen LogP contribution in [0.2, 0.25) is 15.1 Å². The fourth-order valence-corrected chi connectivity index (χ4v) is 6.72. The van der Waals surface area contributed by atoms with Crippen molar-refractivity contribution < 1.29 is 18.0 Å². The van der Waals surface area contributed by atoms with Crippen LogP contribution in [0.1, 0.15) is 16.7 Å². The van der Waals surface area contributed by atoms with Gasteiger partial charge in [0.1, 0.15) is 12.6 Å². The monoisotopic (exact) mass is 657 g/mol. The molecule has 4 aromatic rings. The highest BCUT2D eigenvalue weighted by atomic mass is 35.5. The van der Waals surface area contributed by atoms with E-state index in [0.29, 0.717) is 31.9 Å². The van der Waals surface area contributed by atoms with Crippen LogP contribution in [0.15, 0.2) is 102 Å². The van der Waals surface area contributed by atoms with Crippen LogP contribution in [0, 0.1) is 6.92 Å². The molecule has 0 aliphatic carbocycles. The minimum absolute atomic E-state index is 0.0348. The van der Waals surface area contributed by atoms with Crippen molar-refractivity contribution in [1.82, 2.24) is 10.2 Å². The van der Waals surface area contributed by atoms with Gasteiger partial charge in [0.15, 0.2) is 0 Å². The zero-order chi connectivity index (χ0) is 31.1. The Balaban J connectivity index is 1.81. The topological polar surface area (TPSA) is 86.8 Å². The summed E-state index contributed by atoms with van der Waals surface area (Å²) < 4.78 is 29.2. The first-order valence-corrected chi connectivity index (χ1v) is 15.9. The highest BCUT2D eigenvalue weighted by Gasteiger charge is 2.35. The van der Waals surface area contributed by atoms with E-state index in [-0.39, 0.29) is 17.9 Å². The molecule has 224 valence electrons. The number of nitrogens with zero attached hydrogens (tertiary/aromatic N) is 2. The van der Waals surface area contributed by atoms with E-state index in [4.69, 9.17) is 34.8 Å². The number of halogens is 3. The SMILES string of the molecule is CNC(=O)[C@H](Cc1ccccc1)N(Cc1ccc(Cl)cc1Cl)C(=O)CN(c1ccccc1C)S(=O)(=O)c1ccc(Cl)cc1. The number of likely N-dealkylation sites (N-methyl/N-ethyl adjacent to an activating group) is 1. The number of benzene rings is 4. The van der Waals surface area contributed by atoms with Crippen molar-refractivity contribution >= 4 is 62.3 Å². The number of sulfonamides is 1. The molecule has 0 unspecified atom stereocenters. The lowest BCUT2D eigenvalue weighted by molar-refractivity contribution is -0.139. The van der Waals surface area contributed by atoms with Crippen LogP contribution in [-0.4, -0.2) is 44.8 Å². The molecule has 7 nitrogen and oxygen atoms in total. The molecule has 0 heterocycles. The Morgan fingerprint density at radius 1 is 0.837 bits per heavy atom. The first kappa shape index (κ1) is 32.4. The van der Waals surface area contributed by atoms with Gasteiger partial charge in [0.2, 0.25) is 11.8 Å². The Morgan fingerprint density at radius 2 is 1.47 bits per heavy atom. The lowest BCUT2D eigenvalue weighted by Crippen LogP contribution is -2.53. The van der Waals surface area contributed by atoms with E-state index in [9.17, 15) is 18.0 Å². The number of hydrogen-bond donors (Lipinski definition) is 1. The van der Waals surface area contributed by atoms with Crippen molar-refractivity contribution in [3.63, 3.8) is 0 Å². The molecule has 0 saturated heterocycles. The standard InChI is InChI=1S/C32H30Cl3N3O4S/c1-22-8-6-7-11-29(22)38(43(41,42)27-16-14-25(33)15-17-27)21-31(39)37(20-24-12-13-26(34)19-28(24)35)30(32(40)36-2)18-23-9-4-3-5-10-23/h3-17,19,30H,18,20-21H2,1-2H3,(H,36,40)/t30-/m0/s1. The minimum atomic E-state index is -4.24. The molecule has 1 N–H and O–H groups in total. The third kappa shape index (κ3) is 7.89. The van der Waals surface area contributed by atoms with E-state index in [1.165, 1.54) is 36.2 Å². The summed E-state index contributed by atoms with van der Waals surface area (Å²) in [6.45, 7) is 1.11. The third-order valence-corrected chi connectivity index (χ3v) is 9.55. The molecular formula is C32H30Cl3N3O4S. The number of rotatable bonds is 11. The molecule has 0 aliphatic heterocycles. The Hall–Kier alpha value is -3.56. The van der Waals surface area contributed by atoms with Gasteiger partial charge in [-0.1, -0.05) is 89.4 Å². The third-order valence-electron chi connectivity index (χ3n) is 6.94. The first-order valence-electron chi connectivity index (χ1n) is 13.3. The van der Waals surface area contributed by atoms with Crippen LogP contribution >= 0.6 is 34.8 Å². The molecular weight excluding hydrogens is 629 g/mol. The number of para-hydroxylation sites is 1. The molecule has 0 spiro atoms. The predicted molar refractivity (Wildman–Crippen MR) is 172 cm³/mol. The maximum atomic E-state index is 14.4. The molecule has 0 saturated carbocycles. The average Bonchev–Trinajstić information content (AvgIpc) is 2.99. The number of carbonyl (C=O) groups is 2. The molecule has 11 heteroatoms. The molecule has 43 heavy (non-hydrogen) atoms. The van der Waals surface area contributed by atoms with Crippen molar-refractivity contribution in [2.75, 3.05) is 17.9 Å². The molecule has 0 aromatic heterocycles. The lowest BCUT2D eigenvalue weighted by Gasteiger charge is -2.34. The Morgan fingerprint density at radius 3 is 2.09 bits per heavy atom. The largest absolute Gasteiger partial charge is 0.357 e. The summed E-state index contributed by atoms with van der Waals surface area (Å²) >= 11 is 18.6. The van der Waals surface area contributed by atoms with Crippen LogP contribution in [0.5, 0.6) is 0 Å². The molecule has 0 aliphatic rings. The van der Waals surface area contributed by atoms with E-state index < -0.39 is 34.4 Å². The zero-order valence-corrected chi connectivity index (χ0v) is 26.6. The molecule has 4 rings (SSSR count). The summed E-state index contributed by atoms with van der Waals surface area (Å²) in [5.41, 5.74) is 2.34. The summed E-state index contributed by atoms with van der Waals surface area (Å²) in [6, 6.07) is 25.8. The van der Waals surface area contributed by atoms with Gasteiger partial charge in [0.25, 0.3) is 10.0 Å². The Labute approximate surface area is 267 Å². The van der Waals surface area contributed by atoms with Gasteiger partial charge in [0.05, 0.1) is 10.6 Å². The van der Waals surface area contributed by atoms with Crippen molar-refractivity contribution in [2.45, 2.75) is 30.8 Å². The van der Waals surface area contributed by atoms with E-state index in [2.05, 4.69) is 5.32 Å². The van der Waals surface area contributed by atoms with E-state index in [1.54, 1.807) is 49.4 Å². The summed E-state index contributed by atoms with van der Waals surface area (Å²) in [7, 11) is -2.75. The molecule has 2 amide bonds. The van der Waals surface area contributed by atoms with Crippen LogP contribution < -0.4 is 9.62 Å². The van der Waals surface area contributed by atoms with Gasteiger partial charge < -0.3 is 10.2 Å². The normalized spacial score (nSPS) is 11.9. The summed E-state index contributed by atoms with van der Waals surface area (Å²) in [6.07, 6.45) is 0.186. The summed E-state index contributed by atoms with van der Waals surface area (Å²) in [4.78, 5) is 29.0. The molecule has 1 atom stereocenters. The smallest absolute Gasteiger partial charge is 0.264 e.